The van der Waals surface area contributed by atoms with E-state index in [-0.39, 0.29) is 0 Å². The van der Waals surface area contributed by atoms with Gasteiger partial charge in [0.25, 0.3) is 0 Å². The first-order valence-electron chi connectivity index (χ1n) is 5.30. The maximum atomic E-state index is 9.13. The van der Waals surface area contributed by atoms with Crippen molar-refractivity contribution in [2.45, 2.75) is 6.10 Å². The van der Waals surface area contributed by atoms with E-state index in [9.17, 15) is 0 Å². The fourth-order valence-electron chi connectivity index (χ4n) is 1.96. The van der Waals surface area contributed by atoms with Crippen LogP contribution >= 0.6 is 0 Å². The van der Waals surface area contributed by atoms with Gasteiger partial charge in [-0.3, -0.25) is 0 Å². The second-order valence-electron chi connectivity index (χ2n) is 3.65. The van der Waals surface area contributed by atoms with Gasteiger partial charge in [-0.1, -0.05) is 30.3 Å². The van der Waals surface area contributed by atoms with Crippen LogP contribution in [0.1, 0.15) is 11.7 Å². The van der Waals surface area contributed by atoms with Crippen LogP contribution in [0.2, 0.25) is 0 Å². The normalized spacial score (nSPS) is 12.1. The van der Waals surface area contributed by atoms with Gasteiger partial charge in [0.2, 0.25) is 0 Å². The molecule has 2 aromatic rings. The number of rotatable bonds is 3. The summed E-state index contributed by atoms with van der Waals surface area (Å²) in [6.45, 7) is 0. The third-order valence-electron chi connectivity index (χ3n) is 2.77. The lowest BCUT2D eigenvalue weighted by Crippen LogP contribution is -2.02. The fraction of sp³-hybridized carbons (Fsp3) is 0.214. The molecular formula is C14H13NO2. The molecule has 0 aliphatic carbocycles. The molecular weight excluding hydrogens is 214 g/mol. The van der Waals surface area contributed by atoms with Crippen LogP contribution in [-0.4, -0.2) is 14.2 Å². The van der Waals surface area contributed by atoms with E-state index >= 15 is 0 Å². The van der Waals surface area contributed by atoms with E-state index in [2.05, 4.69) is 6.07 Å². The smallest absolute Gasteiger partial charge is 0.172 e. The van der Waals surface area contributed by atoms with Crippen molar-refractivity contribution in [3.63, 3.8) is 0 Å². The first-order valence-corrected chi connectivity index (χ1v) is 5.30. The number of benzene rings is 2. The van der Waals surface area contributed by atoms with Gasteiger partial charge in [-0.25, -0.2) is 0 Å². The Hall–Kier alpha value is -2.05. The molecule has 0 heterocycles. The second kappa shape index (κ2) is 4.86. The zero-order chi connectivity index (χ0) is 12.3. The van der Waals surface area contributed by atoms with Gasteiger partial charge in [0, 0.05) is 12.7 Å². The van der Waals surface area contributed by atoms with E-state index in [4.69, 9.17) is 14.7 Å². The predicted octanol–water partition coefficient (Wildman–Crippen LogP) is 3.06. The molecule has 1 atom stereocenters. The summed E-state index contributed by atoms with van der Waals surface area (Å²) in [4.78, 5) is 0. The molecule has 0 N–H and O–H groups in total. The summed E-state index contributed by atoms with van der Waals surface area (Å²) < 4.78 is 10.5. The Kier molecular flexibility index (Phi) is 3.27. The highest BCUT2D eigenvalue weighted by atomic mass is 16.5. The lowest BCUT2D eigenvalue weighted by molar-refractivity contribution is 0.147. The molecule has 0 saturated heterocycles. The van der Waals surface area contributed by atoms with Gasteiger partial charge < -0.3 is 9.47 Å². The average molecular weight is 227 g/mol. The predicted molar refractivity (Wildman–Crippen MR) is 65.9 cm³/mol. The molecule has 0 amide bonds. The monoisotopic (exact) mass is 227 g/mol. The number of nitrogens with zero attached hydrogens (tertiary/aromatic N) is 1. The Labute approximate surface area is 100 Å². The molecule has 0 saturated carbocycles. The molecule has 1 unspecified atom stereocenters. The zero-order valence-electron chi connectivity index (χ0n) is 9.81. The van der Waals surface area contributed by atoms with Crippen LogP contribution in [0, 0.1) is 11.3 Å². The van der Waals surface area contributed by atoms with E-state index in [0.717, 1.165) is 16.3 Å². The lowest BCUT2D eigenvalue weighted by atomic mass is 9.99. The Morgan fingerprint density at radius 2 is 1.88 bits per heavy atom. The van der Waals surface area contributed by atoms with Crippen molar-refractivity contribution in [3.8, 4) is 11.8 Å². The highest BCUT2D eigenvalue weighted by Gasteiger charge is 2.17. The average Bonchev–Trinajstić information content (AvgIpc) is 2.40. The number of ether oxygens (including phenoxy) is 2. The maximum absolute atomic E-state index is 9.13. The molecule has 0 aliphatic rings. The minimum absolute atomic E-state index is 0.615. The molecule has 0 radical (unpaired) electrons. The summed E-state index contributed by atoms with van der Waals surface area (Å²) in [5.41, 5.74) is 0.788. The fourth-order valence-corrected chi connectivity index (χ4v) is 1.96. The van der Waals surface area contributed by atoms with Crippen molar-refractivity contribution < 1.29 is 9.47 Å². The Morgan fingerprint density at radius 3 is 2.53 bits per heavy atom. The molecule has 2 aromatic carbocycles. The van der Waals surface area contributed by atoms with E-state index in [1.165, 1.54) is 7.11 Å². The quantitative estimate of drug-likeness (QED) is 0.809. The molecule has 86 valence electrons. The third kappa shape index (κ3) is 1.95. The first-order chi connectivity index (χ1) is 8.31. The summed E-state index contributed by atoms with van der Waals surface area (Å²) >= 11 is 0. The molecule has 3 heteroatoms. The highest BCUT2D eigenvalue weighted by Crippen LogP contribution is 2.34. The van der Waals surface area contributed by atoms with Crippen LogP contribution in [0.5, 0.6) is 5.75 Å². The minimum atomic E-state index is -0.615. The van der Waals surface area contributed by atoms with Crippen LogP contribution in [0.25, 0.3) is 10.8 Å². The van der Waals surface area contributed by atoms with E-state index < -0.39 is 6.10 Å². The van der Waals surface area contributed by atoms with E-state index in [0.29, 0.717) is 5.75 Å². The number of hydrogen-bond acceptors (Lipinski definition) is 3. The Morgan fingerprint density at radius 1 is 1.12 bits per heavy atom. The molecule has 0 aliphatic heterocycles. The maximum Gasteiger partial charge on any atom is 0.172 e. The van der Waals surface area contributed by atoms with Gasteiger partial charge in [-0.2, -0.15) is 5.26 Å². The van der Waals surface area contributed by atoms with Crippen molar-refractivity contribution >= 4 is 10.8 Å². The molecule has 0 bridgehead atoms. The Bertz CT molecular complexity index is 572. The van der Waals surface area contributed by atoms with Crippen LogP contribution in [0.4, 0.5) is 0 Å². The van der Waals surface area contributed by atoms with Crippen molar-refractivity contribution in [3.05, 3.63) is 42.0 Å². The van der Waals surface area contributed by atoms with Crippen LogP contribution < -0.4 is 4.74 Å². The SMILES string of the molecule is COc1ccc2ccccc2c1C(C#N)OC. The largest absolute Gasteiger partial charge is 0.496 e. The molecule has 0 spiro atoms. The molecule has 0 aromatic heterocycles. The van der Waals surface area contributed by atoms with E-state index in [1.807, 2.05) is 36.4 Å². The van der Waals surface area contributed by atoms with Gasteiger partial charge in [0.15, 0.2) is 6.10 Å². The van der Waals surface area contributed by atoms with Crippen LogP contribution in [0.15, 0.2) is 36.4 Å². The molecule has 3 nitrogen and oxygen atoms in total. The van der Waals surface area contributed by atoms with Gasteiger partial charge in [-0.15, -0.1) is 0 Å². The van der Waals surface area contributed by atoms with Gasteiger partial charge in [-0.05, 0) is 16.8 Å². The van der Waals surface area contributed by atoms with Gasteiger partial charge in [0.1, 0.15) is 5.75 Å². The number of hydrogen-bond donors (Lipinski definition) is 0. The second-order valence-corrected chi connectivity index (χ2v) is 3.65. The third-order valence-corrected chi connectivity index (χ3v) is 2.77. The minimum Gasteiger partial charge on any atom is -0.496 e. The molecule has 2 rings (SSSR count). The number of methoxy groups -OCH3 is 2. The van der Waals surface area contributed by atoms with Crippen molar-refractivity contribution in [1.82, 2.24) is 0 Å². The first kappa shape index (κ1) is 11.4. The number of nitriles is 1. The topological polar surface area (TPSA) is 42.2 Å². The summed E-state index contributed by atoms with van der Waals surface area (Å²) in [7, 11) is 3.12. The summed E-state index contributed by atoms with van der Waals surface area (Å²) in [5.74, 6) is 0.678. The van der Waals surface area contributed by atoms with Crippen molar-refractivity contribution in [1.29, 1.82) is 5.26 Å². The molecule has 17 heavy (non-hydrogen) atoms. The van der Waals surface area contributed by atoms with Gasteiger partial charge >= 0.3 is 0 Å². The standard InChI is InChI=1S/C14H13NO2/c1-16-12-8-7-10-5-3-4-6-11(10)14(12)13(9-15)17-2/h3-8,13H,1-2H3. The summed E-state index contributed by atoms with van der Waals surface area (Å²) in [5, 5.41) is 11.2. The summed E-state index contributed by atoms with van der Waals surface area (Å²) in [6.07, 6.45) is -0.615. The summed E-state index contributed by atoms with van der Waals surface area (Å²) in [6, 6.07) is 13.8. The van der Waals surface area contributed by atoms with Crippen molar-refractivity contribution in [2.75, 3.05) is 14.2 Å². The lowest BCUT2D eigenvalue weighted by Gasteiger charge is -2.15. The zero-order valence-corrected chi connectivity index (χ0v) is 9.81. The highest BCUT2D eigenvalue weighted by molar-refractivity contribution is 5.88. The van der Waals surface area contributed by atoms with Crippen molar-refractivity contribution in [2.24, 2.45) is 0 Å². The molecule has 0 fully saturated rings. The van der Waals surface area contributed by atoms with Gasteiger partial charge in [0.05, 0.1) is 13.2 Å². The van der Waals surface area contributed by atoms with Crippen LogP contribution in [-0.2, 0) is 4.74 Å². The van der Waals surface area contributed by atoms with E-state index in [1.54, 1.807) is 7.11 Å². The Balaban J connectivity index is 2.76. The van der Waals surface area contributed by atoms with Crippen LogP contribution in [0.3, 0.4) is 0 Å². The number of fused-ring (bicyclic) bond motifs is 1.